The Kier molecular flexibility index (Phi) is 9.19. The number of carbonyl (C=O) groups excluding carboxylic acids is 2. The van der Waals surface area contributed by atoms with Gasteiger partial charge in [-0.2, -0.15) is 5.10 Å². The largest absolute Gasteiger partial charge is 0.494 e. The topological polar surface area (TPSA) is 79.7 Å². The molecule has 0 aliphatic carbocycles. The van der Waals surface area contributed by atoms with E-state index in [1.807, 2.05) is 0 Å². The lowest BCUT2D eigenvalue weighted by Crippen LogP contribution is -2.25. The fourth-order valence-corrected chi connectivity index (χ4v) is 4.12. The van der Waals surface area contributed by atoms with Gasteiger partial charge < -0.3 is 14.2 Å². The second-order valence-electron chi connectivity index (χ2n) is 10.6. The van der Waals surface area contributed by atoms with E-state index >= 15 is 0 Å². The van der Waals surface area contributed by atoms with Gasteiger partial charge in [0.2, 0.25) is 0 Å². The zero-order valence-corrected chi connectivity index (χ0v) is 22.5. The smallest absolute Gasteiger partial charge is 0.307 e. The molecule has 0 aliphatic heterocycles. The van der Waals surface area contributed by atoms with Gasteiger partial charge in [0.1, 0.15) is 18.0 Å². The van der Waals surface area contributed by atoms with Gasteiger partial charge in [-0.1, -0.05) is 25.7 Å². The minimum Gasteiger partial charge on any atom is -0.494 e. The van der Waals surface area contributed by atoms with Gasteiger partial charge in [0.25, 0.3) is 0 Å². The first-order valence-corrected chi connectivity index (χ1v) is 15.1. The number of carbonyl (C=O) groups is 2. The summed E-state index contributed by atoms with van der Waals surface area (Å²) in [5.41, 5.74) is 0.699. The fraction of sp³-hybridized carbons (Fsp3) is 0.560. The molecule has 1 aromatic heterocycles. The summed E-state index contributed by atoms with van der Waals surface area (Å²) in [6, 6.07) is 7.15. The zero-order valence-electron chi connectivity index (χ0n) is 21.5. The predicted molar refractivity (Wildman–Crippen MR) is 132 cm³/mol. The molecule has 0 saturated heterocycles. The molecule has 0 radical (unpaired) electrons. The fourth-order valence-electron chi connectivity index (χ4n) is 3.36. The lowest BCUT2D eigenvalue weighted by molar-refractivity contribution is -0.155. The highest BCUT2D eigenvalue weighted by Gasteiger charge is 2.27. The minimum absolute atomic E-state index is 0.0616. The van der Waals surface area contributed by atoms with Crippen molar-refractivity contribution in [3.05, 3.63) is 47.0 Å². The van der Waals surface area contributed by atoms with E-state index in [1.54, 1.807) is 32.9 Å². The van der Waals surface area contributed by atoms with E-state index < -0.39 is 31.4 Å². The summed E-state index contributed by atoms with van der Waals surface area (Å²) in [5.74, 6) is -1.68. The van der Waals surface area contributed by atoms with Gasteiger partial charge in [-0.05, 0) is 50.6 Å². The second kappa shape index (κ2) is 11.3. The number of ether oxygens (including phenoxy) is 3. The number of rotatable bonds is 11. The van der Waals surface area contributed by atoms with Crippen molar-refractivity contribution in [3.63, 3.8) is 0 Å². The monoisotopic (exact) mass is 492 g/mol. The maximum Gasteiger partial charge on any atom is 0.307 e. The van der Waals surface area contributed by atoms with E-state index in [9.17, 15) is 14.0 Å². The predicted octanol–water partition coefficient (Wildman–Crippen LogP) is 5.41. The van der Waals surface area contributed by atoms with Crippen LogP contribution in [0, 0.1) is 5.82 Å². The van der Waals surface area contributed by atoms with Crippen molar-refractivity contribution in [2.75, 3.05) is 13.7 Å². The van der Waals surface area contributed by atoms with Crippen LogP contribution in [-0.4, -0.2) is 48.9 Å². The number of Topliss-reactive ketones (excluding diaryl/α,β-unsaturated/α-hetero) is 1. The van der Waals surface area contributed by atoms with Crippen LogP contribution in [0.2, 0.25) is 25.7 Å². The van der Waals surface area contributed by atoms with E-state index in [4.69, 9.17) is 14.2 Å². The quantitative estimate of drug-likeness (QED) is 0.181. The Hall–Kier alpha value is -2.52. The molecule has 1 aromatic carbocycles. The molecule has 0 bridgehead atoms. The molecule has 1 unspecified atom stereocenters. The van der Waals surface area contributed by atoms with Crippen LogP contribution in [0.5, 0.6) is 5.75 Å². The highest BCUT2D eigenvalue weighted by Crippen LogP contribution is 2.32. The number of hydrogen-bond acceptors (Lipinski definition) is 6. The molecule has 9 heteroatoms. The molecule has 1 atom stereocenters. The van der Waals surface area contributed by atoms with Gasteiger partial charge in [-0.3, -0.25) is 9.59 Å². The van der Waals surface area contributed by atoms with Crippen LogP contribution in [0.3, 0.4) is 0 Å². The van der Waals surface area contributed by atoms with Crippen LogP contribution in [-0.2, 0) is 21.0 Å². The Morgan fingerprint density at radius 3 is 2.38 bits per heavy atom. The summed E-state index contributed by atoms with van der Waals surface area (Å²) < 4.78 is 32.3. The Labute approximate surface area is 202 Å². The molecule has 0 saturated carbocycles. The first kappa shape index (κ1) is 27.7. The first-order valence-electron chi connectivity index (χ1n) is 11.4. The lowest BCUT2D eigenvalue weighted by atomic mass is 9.92. The van der Waals surface area contributed by atoms with Crippen molar-refractivity contribution in [3.8, 4) is 5.75 Å². The van der Waals surface area contributed by atoms with E-state index in [0.29, 0.717) is 23.6 Å². The molecule has 2 aromatic rings. The van der Waals surface area contributed by atoms with Crippen LogP contribution in [0.15, 0.2) is 24.3 Å². The van der Waals surface area contributed by atoms with Crippen LogP contribution in [0.25, 0.3) is 0 Å². The van der Waals surface area contributed by atoms with Crippen LogP contribution >= 0.6 is 0 Å². The molecule has 34 heavy (non-hydrogen) atoms. The van der Waals surface area contributed by atoms with Gasteiger partial charge >= 0.3 is 5.97 Å². The number of aromatic nitrogens is 2. The summed E-state index contributed by atoms with van der Waals surface area (Å²) in [7, 11) is 0.130. The van der Waals surface area contributed by atoms with Gasteiger partial charge in [0.05, 0.1) is 19.2 Å². The van der Waals surface area contributed by atoms with E-state index in [2.05, 4.69) is 24.7 Å². The van der Waals surface area contributed by atoms with Crippen molar-refractivity contribution in [1.82, 2.24) is 9.78 Å². The highest BCUT2D eigenvalue weighted by atomic mass is 28.3. The molecule has 1 heterocycles. The number of methoxy groups -OCH3 is 1. The Morgan fingerprint density at radius 1 is 1.18 bits per heavy atom. The van der Waals surface area contributed by atoms with Crippen LogP contribution in [0.1, 0.15) is 61.8 Å². The normalized spacial score (nSPS) is 13.0. The number of hydrogen-bond donors (Lipinski definition) is 0. The molecule has 0 aliphatic rings. The number of nitrogens with zero attached hydrogens (tertiary/aromatic N) is 2. The number of ketones is 1. The third-order valence-corrected chi connectivity index (χ3v) is 6.80. The van der Waals surface area contributed by atoms with Gasteiger partial charge in [-0.15, -0.1) is 0 Å². The zero-order chi connectivity index (χ0) is 25.7. The standard InChI is InChI=1S/C25H37FN2O5Si/c1-17(29)22-15-21(27-28(22)16-32-11-12-34(6,7)8)19(14-24(30)33-25(2,3)4)18-9-10-23(31-5)20(26)13-18/h9-10,13,15,19H,11-12,14,16H2,1-8H3. The summed E-state index contributed by atoms with van der Waals surface area (Å²) in [6.45, 7) is 14.3. The molecule has 7 nitrogen and oxygen atoms in total. The average molecular weight is 493 g/mol. The van der Waals surface area contributed by atoms with Crippen molar-refractivity contribution in [2.45, 2.75) is 78.1 Å². The van der Waals surface area contributed by atoms with E-state index in [1.165, 1.54) is 30.8 Å². The third-order valence-electron chi connectivity index (χ3n) is 5.10. The Morgan fingerprint density at radius 2 is 1.85 bits per heavy atom. The Bertz CT molecular complexity index is 1010. The lowest BCUT2D eigenvalue weighted by Gasteiger charge is -2.22. The molecule has 0 amide bonds. The molecule has 0 fully saturated rings. The van der Waals surface area contributed by atoms with Gasteiger partial charge in [0.15, 0.2) is 17.3 Å². The van der Waals surface area contributed by atoms with Crippen molar-refractivity contribution in [1.29, 1.82) is 0 Å². The second-order valence-corrected chi connectivity index (χ2v) is 16.2. The molecule has 0 spiro atoms. The van der Waals surface area contributed by atoms with Crippen LogP contribution < -0.4 is 4.74 Å². The number of benzene rings is 1. The number of esters is 1. The summed E-state index contributed by atoms with van der Waals surface area (Å²) in [5, 5.41) is 4.58. The molecule has 2 rings (SSSR count). The maximum absolute atomic E-state index is 14.5. The van der Waals surface area contributed by atoms with Gasteiger partial charge in [0, 0.05) is 27.5 Å². The molecule has 188 valence electrons. The Balaban J connectivity index is 2.39. The molecular weight excluding hydrogens is 455 g/mol. The molecule has 0 N–H and O–H groups in total. The SMILES string of the molecule is COc1ccc(C(CC(=O)OC(C)(C)C)c2cc(C(C)=O)n(COCC[Si](C)(C)C)n2)cc1F. The van der Waals surface area contributed by atoms with E-state index in [0.717, 1.165) is 6.04 Å². The summed E-state index contributed by atoms with van der Waals surface area (Å²) in [6.07, 6.45) is -0.0616. The molecular formula is C25H37FN2O5Si. The van der Waals surface area contributed by atoms with Crippen molar-refractivity contribution >= 4 is 19.8 Å². The third kappa shape index (κ3) is 8.36. The van der Waals surface area contributed by atoms with Crippen molar-refractivity contribution in [2.24, 2.45) is 0 Å². The minimum atomic E-state index is -1.26. The van der Waals surface area contributed by atoms with Crippen molar-refractivity contribution < 1.29 is 28.2 Å². The number of halogens is 1. The maximum atomic E-state index is 14.5. The van der Waals surface area contributed by atoms with E-state index in [-0.39, 0.29) is 24.7 Å². The summed E-state index contributed by atoms with van der Waals surface area (Å²) in [4.78, 5) is 25.0. The average Bonchev–Trinajstić information content (AvgIpc) is 3.11. The highest BCUT2D eigenvalue weighted by molar-refractivity contribution is 6.76. The summed E-state index contributed by atoms with van der Waals surface area (Å²) >= 11 is 0. The first-order chi connectivity index (χ1) is 15.7. The van der Waals surface area contributed by atoms with Gasteiger partial charge in [-0.25, -0.2) is 9.07 Å². The van der Waals surface area contributed by atoms with Crippen LogP contribution in [0.4, 0.5) is 4.39 Å².